The molecule has 2 aromatic carbocycles. The van der Waals surface area contributed by atoms with E-state index in [1.165, 1.54) is 0 Å². The molecule has 0 aliphatic carbocycles. The molecule has 0 bridgehead atoms. The van der Waals surface area contributed by atoms with Gasteiger partial charge in [-0.25, -0.2) is 0 Å². The average molecular weight is 447 g/mol. The van der Waals surface area contributed by atoms with Crippen molar-refractivity contribution in [3.05, 3.63) is 71.1 Å². The zero-order valence-electron chi connectivity index (χ0n) is 15.9. The van der Waals surface area contributed by atoms with Gasteiger partial charge in [0.25, 0.3) is 5.91 Å². The Balaban J connectivity index is 1.52. The lowest BCUT2D eigenvalue weighted by Crippen LogP contribution is -2.27. The van der Waals surface area contributed by atoms with E-state index in [9.17, 15) is 9.00 Å². The fraction of sp³-hybridized carbons (Fsp3) is 0.190. The number of hydrogen-bond acceptors (Lipinski definition) is 6. The Morgan fingerprint density at radius 3 is 2.66 bits per heavy atom. The van der Waals surface area contributed by atoms with E-state index in [4.69, 9.17) is 10.5 Å². The van der Waals surface area contributed by atoms with Gasteiger partial charge in [-0.2, -0.15) is 0 Å². The molecule has 8 heteroatoms. The van der Waals surface area contributed by atoms with Gasteiger partial charge in [0.05, 0.1) is 22.1 Å². The highest BCUT2D eigenvalue weighted by Crippen LogP contribution is 2.33. The lowest BCUT2D eigenvalue weighted by Gasteiger charge is -2.07. The number of ether oxygens (including phenoxy) is 1. The second kappa shape index (κ2) is 10.6. The van der Waals surface area contributed by atoms with Crippen LogP contribution in [-0.2, 0) is 17.3 Å². The van der Waals surface area contributed by atoms with Crippen LogP contribution in [-0.4, -0.2) is 29.5 Å². The molecule has 0 fully saturated rings. The normalized spacial score (nSPS) is 11.8. The van der Waals surface area contributed by atoms with Crippen LogP contribution in [0.25, 0.3) is 0 Å². The van der Waals surface area contributed by atoms with Crippen LogP contribution < -0.4 is 15.8 Å². The Morgan fingerprint density at radius 2 is 1.97 bits per heavy atom. The predicted octanol–water partition coefficient (Wildman–Crippen LogP) is 3.90. The zero-order valence-corrected chi connectivity index (χ0v) is 18.4. The molecule has 1 heterocycles. The second-order valence-corrected chi connectivity index (χ2v) is 10.1. The number of nitrogens with two attached hydrogens (primary N) is 1. The third-order valence-corrected chi connectivity index (χ3v) is 7.65. The fourth-order valence-electron chi connectivity index (χ4n) is 2.54. The van der Waals surface area contributed by atoms with Gasteiger partial charge in [-0.3, -0.25) is 9.00 Å². The van der Waals surface area contributed by atoms with Gasteiger partial charge in [0.2, 0.25) is 0 Å². The third-order valence-electron chi connectivity index (χ3n) is 4.05. The highest BCUT2D eigenvalue weighted by atomic mass is 32.2. The van der Waals surface area contributed by atoms with Crippen LogP contribution in [0.4, 0.5) is 0 Å². The van der Waals surface area contributed by atoms with Crippen LogP contribution in [0.3, 0.4) is 0 Å². The van der Waals surface area contributed by atoms with Crippen molar-refractivity contribution in [1.29, 1.82) is 0 Å². The molecular formula is C21H22N2O3S3. The number of rotatable bonds is 9. The Labute approximate surface area is 181 Å². The van der Waals surface area contributed by atoms with Gasteiger partial charge < -0.3 is 15.8 Å². The lowest BCUT2D eigenvalue weighted by molar-refractivity contribution is 0.0956. The summed E-state index contributed by atoms with van der Waals surface area (Å²) in [5.74, 6) is 0.899. The van der Waals surface area contributed by atoms with Crippen molar-refractivity contribution in [2.24, 2.45) is 5.73 Å². The number of hydrogen-bond donors (Lipinski definition) is 2. The molecule has 1 amide bonds. The van der Waals surface area contributed by atoms with Gasteiger partial charge in [0, 0.05) is 39.1 Å². The first-order valence-corrected chi connectivity index (χ1v) is 11.9. The van der Waals surface area contributed by atoms with Gasteiger partial charge >= 0.3 is 0 Å². The monoisotopic (exact) mass is 446 g/mol. The van der Waals surface area contributed by atoms with E-state index in [1.807, 2.05) is 30.3 Å². The topological polar surface area (TPSA) is 81.4 Å². The van der Waals surface area contributed by atoms with Crippen LogP contribution in [0.2, 0.25) is 0 Å². The third kappa shape index (κ3) is 6.17. The largest absolute Gasteiger partial charge is 0.497 e. The van der Waals surface area contributed by atoms with Crippen molar-refractivity contribution < 1.29 is 13.7 Å². The van der Waals surface area contributed by atoms with Gasteiger partial charge in [0.15, 0.2) is 0 Å². The van der Waals surface area contributed by atoms with E-state index in [0.29, 0.717) is 29.3 Å². The number of amides is 1. The Hall–Kier alpha value is -2.13. The molecule has 0 radical (unpaired) electrons. The maximum absolute atomic E-state index is 12.5. The summed E-state index contributed by atoms with van der Waals surface area (Å²) in [5.41, 5.74) is 6.24. The lowest BCUT2D eigenvalue weighted by atomic mass is 10.2. The number of thiophene rings is 1. The molecule has 1 unspecified atom stereocenters. The SMILES string of the molecule is COc1ccc(S(=O)CCNC(=O)c2cccc(Sc3ccc(CN)s3)c2)cc1. The van der Waals surface area contributed by atoms with Crippen molar-refractivity contribution >= 4 is 39.8 Å². The number of nitrogens with one attached hydrogen (secondary N) is 1. The summed E-state index contributed by atoms with van der Waals surface area (Å²) in [6.07, 6.45) is 0. The van der Waals surface area contributed by atoms with E-state index in [-0.39, 0.29) is 5.91 Å². The maximum Gasteiger partial charge on any atom is 0.251 e. The molecule has 5 nitrogen and oxygen atoms in total. The first-order chi connectivity index (χ1) is 14.1. The summed E-state index contributed by atoms with van der Waals surface area (Å²) in [6, 6.07) is 18.6. The minimum absolute atomic E-state index is 0.173. The molecule has 1 atom stereocenters. The van der Waals surface area contributed by atoms with Crippen LogP contribution in [0.1, 0.15) is 15.2 Å². The van der Waals surface area contributed by atoms with Crippen LogP contribution in [0.5, 0.6) is 5.75 Å². The Bertz CT molecular complexity index is 987. The smallest absolute Gasteiger partial charge is 0.251 e. The summed E-state index contributed by atoms with van der Waals surface area (Å²) in [4.78, 5) is 15.3. The van der Waals surface area contributed by atoms with Crippen molar-refractivity contribution in [2.75, 3.05) is 19.4 Å². The first kappa shape index (κ1) is 21.6. The summed E-state index contributed by atoms with van der Waals surface area (Å²) < 4.78 is 18.6. The van der Waals surface area contributed by atoms with Crippen molar-refractivity contribution in [3.63, 3.8) is 0 Å². The molecule has 3 aromatic rings. The summed E-state index contributed by atoms with van der Waals surface area (Å²) >= 11 is 3.26. The standard InChI is InChI=1S/C21H22N2O3S3/c1-26-16-5-8-19(9-6-16)29(25)12-11-23-21(24)15-3-2-4-17(13-15)27-20-10-7-18(14-22)28-20/h2-10,13H,11-12,14,22H2,1H3,(H,23,24). The molecular weight excluding hydrogens is 424 g/mol. The molecule has 0 saturated heterocycles. The number of methoxy groups -OCH3 is 1. The molecule has 152 valence electrons. The van der Waals surface area contributed by atoms with E-state index in [2.05, 4.69) is 5.32 Å². The molecule has 3 N–H and O–H groups in total. The summed E-state index contributed by atoms with van der Waals surface area (Å²) in [6.45, 7) is 0.866. The number of benzene rings is 2. The van der Waals surface area contributed by atoms with Gasteiger partial charge in [-0.05, 0) is 54.6 Å². The molecule has 0 aliphatic rings. The predicted molar refractivity (Wildman–Crippen MR) is 119 cm³/mol. The molecule has 1 aromatic heterocycles. The van der Waals surface area contributed by atoms with Gasteiger partial charge in [-0.1, -0.05) is 17.8 Å². The van der Waals surface area contributed by atoms with E-state index in [1.54, 1.807) is 60.5 Å². The minimum atomic E-state index is -1.18. The van der Waals surface area contributed by atoms with E-state index < -0.39 is 10.8 Å². The van der Waals surface area contributed by atoms with Gasteiger partial charge in [0.1, 0.15) is 5.75 Å². The fourth-order valence-corrected chi connectivity index (χ4v) is 5.60. The summed E-state index contributed by atoms with van der Waals surface area (Å²) in [7, 11) is 0.411. The van der Waals surface area contributed by atoms with Gasteiger partial charge in [-0.15, -0.1) is 11.3 Å². The van der Waals surface area contributed by atoms with Crippen LogP contribution in [0, 0.1) is 0 Å². The maximum atomic E-state index is 12.5. The zero-order chi connectivity index (χ0) is 20.6. The van der Waals surface area contributed by atoms with E-state index in [0.717, 1.165) is 19.7 Å². The van der Waals surface area contributed by atoms with Crippen LogP contribution >= 0.6 is 23.1 Å². The molecule has 0 aliphatic heterocycles. The van der Waals surface area contributed by atoms with Crippen molar-refractivity contribution in [3.8, 4) is 5.75 Å². The Morgan fingerprint density at radius 1 is 1.17 bits per heavy atom. The molecule has 3 rings (SSSR count). The number of carbonyl (C=O) groups is 1. The molecule has 0 saturated carbocycles. The quantitative estimate of drug-likeness (QED) is 0.521. The van der Waals surface area contributed by atoms with Crippen LogP contribution in [0.15, 0.2) is 74.7 Å². The molecule has 0 spiro atoms. The first-order valence-electron chi connectivity index (χ1n) is 8.96. The Kier molecular flexibility index (Phi) is 7.88. The highest BCUT2D eigenvalue weighted by Gasteiger charge is 2.09. The molecule has 29 heavy (non-hydrogen) atoms. The number of carbonyl (C=O) groups excluding carboxylic acids is 1. The summed E-state index contributed by atoms with van der Waals surface area (Å²) in [5, 5.41) is 2.85. The highest BCUT2D eigenvalue weighted by molar-refractivity contribution is 8.01. The van der Waals surface area contributed by atoms with Crippen molar-refractivity contribution in [2.45, 2.75) is 20.5 Å². The second-order valence-electron chi connectivity index (χ2n) is 6.04. The van der Waals surface area contributed by atoms with Crippen molar-refractivity contribution in [1.82, 2.24) is 5.32 Å². The average Bonchev–Trinajstić information content (AvgIpc) is 3.21. The minimum Gasteiger partial charge on any atom is -0.497 e. The van der Waals surface area contributed by atoms with E-state index >= 15 is 0 Å².